The molecule has 7 nitrogen and oxygen atoms in total. The Hall–Kier alpha value is -2.18. The summed E-state index contributed by atoms with van der Waals surface area (Å²) in [5, 5.41) is 3.29. The molecule has 0 spiro atoms. The van der Waals surface area contributed by atoms with Gasteiger partial charge in [-0.05, 0) is 37.5 Å². The molecular weight excluding hydrogens is 330 g/mol. The van der Waals surface area contributed by atoms with E-state index in [0.717, 1.165) is 6.54 Å². The molecule has 140 valence electrons. The average molecular weight is 357 g/mol. The minimum atomic E-state index is -0.571. The van der Waals surface area contributed by atoms with E-state index in [1.54, 1.807) is 6.20 Å². The van der Waals surface area contributed by atoms with Crippen LogP contribution >= 0.6 is 0 Å². The molecule has 1 aromatic heterocycles. The van der Waals surface area contributed by atoms with E-state index in [1.807, 2.05) is 0 Å². The molecule has 2 aliphatic carbocycles. The van der Waals surface area contributed by atoms with Gasteiger partial charge in [-0.1, -0.05) is 12.8 Å². The van der Waals surface area contributed by atoms with Gasteiger partial charge in [0.25, 0.3) is 5.91 Å². The van der Waals surface area contributed by atoms with Gasteiger partial charge in [0.1, 0.15) is 11.5 Å². The highest BCUT2D eigenvalue weighted by molar-refractivity contribution is 5.90. The second-order valence-corrected chi connectivity index (χ2v) is 8.06. The zero-order chi connectivity index (χ0) is 18.1. The molecular formula is C19H27N5O2. The van der Waals surface area contributed by atoms with Crippen LogP contribution in [0.4, 0.5) is 5.82 Å². The minimum Gasteiger partial charge on any atom is -0.364 e. The first-order valence-electron chi connectivity index (χ1n) is 9.76. The third-order valence-corrected chi connectivity index (χ3v) is 6.09. The molecule has 3 N–H and O–H groups in total. The maximum Gasteiger partial charge on any atom is 0.268 e. The van der Waals surface area contributed by atoms with Gasteiger partial charge in [-0.2, -0.15) is 0 Å². The van der Waals surface area contributed by atoms with Gasteiger partial charge in [-0.15, -0.1) is 0 Å². The molecule has 1 aliphatic heterocycles. The van der Waals surface area contributed by atoms with E-state index in [2.05, 4.69) is 20.2 Å². The van der Waals surface area contributed by atoms with Gasteiger partial charge in [0, 0.05) is 25.4 Å². The summed E-state index contributed by atoms with van der Waals surface area (Å²) >= 11 is 0. The van der Waals surface area contributed by atoms with E-state index >= 15 is 0 Å². The van der Waals surface area contributed by atoms with E-state index in [9.17, 15) is 9.59 Å². The highest BCUT2D eigenvalue weighted by Gasteiger charge is 2.43. The van der Waals surface area contributed by atoms with Crippen LogP contribution in [0, 0.1) is 17.8 Å². The van der Waals surface area contributed by atoms with Crippen molar-refractivity contribution in [2.45, 2.75) is 51.0 Å². The predicted molar refractivity (Wildman–Crippen MR) is 97.5 cm³/mol. The van der Waals surface area contributed by atoms with Crippen molar-refractivity contribution >= 4 is 17.6 Å². The number of carbonyl (C=O) groups is 2. The van der Waals surface area contributed by atoms with Crippen LogP contribution in [0.3, 0.4) is 0 Å². The van der Waals surface area contributed by atoms with Crippen molar-refractivity contribution in [1.29, 1.82) is 0 Å². The third-order valence-electron chi connectivity index (χ3n) is 6.09. The largest absolute Gasteiger partial charge is 0.364 e. The summed E-state index contributed by atoms with van der Waals surface area (Å²) in [6, 6.07) is 0.149. The number of primary amides is 1. The van der Waals surface area contributed by atoms with Crippen molar-refractivity contribution in [2.75, 3.05) is 18.0 Å². The van der Waals surface area contributed by atoms with E-state index in [0.29, 0.717) is 36.5 Å². The first kappa shape index (κ1) is 17.2. The molecule has 7 heteroatoms. The summed E-state index contributed by atoms with van der Waals surface area (Å²) in [5.41, 5.74) is 5.50. The summed E-state index contributed by atoms with van der Waals surface area (Å²) in [7, 11) is 0. The number of hydrogen-bond donors (Lipinski definition) is 2. The SMILES string of the molecule is NC(=O)c1cncc(N2C[C@@H](NC(=O)CC3CCCC3)[C@H](C3CC3)C2)n1. The van der Waals surface area contributed by atoms with Crippen molar-refractivity contribution < 1.29 is 9.59 Å². The Morgan fingerprint density at radius 2 is 1.92 bits per heavy atom. The topological polar surface area (TPSA) is 101 Å². The number of anilines is 1. The highest BCUT2D eigenvalue weighted by Crippen LogP contribution is 2.42. The van der Waals surface area contributed by atoms with Gasteiger partial charge in [0.15, 0.2) is 0 Å². The summed E-state index contributed by atoms with van der Waals surface area (Å²) in [6.07, 6.45) is 11.1. The Kier molecular flexibility index (Phi) is 4.78. The molecule has 4 rings (SSSR count). The van der Waals surface area contributed by atoms with Crippen LogP contribution < -0.4 is 16.0 Å². The molecule has 0 bridgehead atoms. The van der Waals surface area contributed by atoms with Crippen LogP contribution in [-0.4, -0.2) is 40.9 Å². The Morgan fingerprint density at radius 1 is 1.15 bits per heavy atom. The monoisotopic (exact) mass is 357 g/mol. The fourth-order valence-electron chi connectivity index (χ4n) is 4.54. The summed E-state index contributed by atoms with van der Waals surface area (Å²) in [6.45, 7) is 1.56. The number of aromatic nitrogens is 2. The van der Waals surface area contributed by atoms with Gasteiger partial charge in [-0.25, -0.2) is 4.98 Å². The molecule has 0 aromatic carbocycles. The van der Waals surface area contributed by atoms with E-state index in [-0.39, 0.29) is 17.6 Å². The fraction of sp³-hybridized carbons (Fsp3) is 0.684. The molecule has 3 fully saturated rings. The van der Waals surface area contributed by atoms with E-state index in [4.69, 9.17) is 5.73 Å². The molecule has 1 saturated heterocycles. The van der Waals surface area contributed by atoms with Crippen LogP contribution in [0.5, 0.6) is 0 Å². The van der Waals surface area contributed by atoms with Gasteiger partial charge < -0.3 is 16.0 Å². The smallest absolute Gasteiger partial charge is 0.268 e. The minimum absolute atomic E-state index is 0.149. The number of nitrogens with one attached hydrogen (secondary N) is 1. The molecule has 2 saturated carbocycles. The summed E-state index contributed by atoms with van der Waals surface area (Å²) in [4.78, 5) is 34.4. The van der Waals surface area contributed by atoms with Crippen molar-refractivity contribution in [3.8, 4) is 0 Å². The predicted octanol–water partition coefficient (Wildman–Crippen LogP) is 1.49. The Bertz CT molecular complexity index is 684. The van der Waals surface area contributed by atoms with E-state index in [1.165, 1.54) is 44.7 Å². The maximum atomic E-state index is 12.5. The van der Waals surface area contributed by atoms with Crippen LogP contribution in [0.2, 0.25) is 0 Å². The number of amides is 2. The van der Waals surface area contributed by atoms with Crippen LogP contribution in [0.1, 0.15) is 55.4 Å². The molecule has 0 unspecified atom stereocenters. The molecule has 0 radical (unpaired) electrons. The van der Waals surface area contributed by atoms with Gasteiger partial charge in [0.2, 0.25) is 5.91 Å². The number of hydrogen-bond acceptors (Lipinski definition) is 5. The van der Waals surface area contributed by atoms with Crippen LogP contribution in [-0.2, 0) is 4.79 Å². The van der Waals surface area contributed by atoms with Gasteiger partial charge in [-0.3, -0.25) is 14.6 Å². The lowest BCUT2D eigenvalue weighted by atomic mass is 9.97. The number of nitrogens with zero attached hydrogens (tertiary/aromatic N) is 3. The van der Waals surface area contributed by atoms with Crippen molar-refractivity contribution in [3.05, 3.63) is 18.1 Å². The Balaban J connectivity index is 1.42. The lowest BCUT2D eigenvalue weighted by molar-refractivity contribution is -0.122. The summed E-state index contributed by atoms with van der Waals surface area (Å²) in [5.74, 6) is 1.97. The number of nitrogens with two attached hydrogens (primary N) is 1. The first-order valence-corrected chi connectivity index (χ1v) is 9.76. The highest BCUT2D eigenvalue weighted by atomic mass is 16.2. The van der Waals surface area contributed by atoms with Crippen LogP contribution in [0.15, 0.2) is 12.4 Å². The van der Waals surface area contributed by atoms with Crippen molar-refractivity contribution in [1.82, 2.24) is 15.3 Å². The average Bonchev–Trinajstić information content (AvgIpc) is 3.18. The Labute approximate surface area is 153 Å². The van der Waals surface area contributed by atoms with Gasteiger partial charge in [0.05, 0.1) is 18.4 Å². The Morgan fingerprint density at radius 3 is 2.62 bits per heavy atom. The molecule has 1 aromatic rings. The van der Waals surface area contributed by atoms with Gasteiger partial charge >= 0.3 is 0 Å². The molecule has 2 heterocycles. The third kappa shape index (κ3) is 3.81. The zero-order valence-electron chi connectivity index (χ0n) is 15.1. The lowest BCUT2D eigenvalue weighted by Gasteiger charge is -2.20. The maximum absolute atomic E-state index is 12.5. The molecule has 2 atom stereocenters. The van der Waals surface area contributed by atoms with Crippen molar-refractivity contribution in [2.24, 2.45) is 23.5 Å². The zero-order valence-corrected chi connectivity index (χ0v) is 15.1. The van der Waals surface area contributed by atoms with Crippen molar-refractivity contribution in [3.63, 3.8) is 0 Å². The lowest BCUT2D eigenvalue weighted by Crippen LogP contribution is -2.41. The second kappa shape index (κ2) is 7.21. The quantitative estimate of drug-likeness (QED) is 0.803. The number of carbonyl (C=O) groups excluding carboxylic acids is 2. The first-order chi connectivity index (χ1) is 12.6. The molecule has 3 aliphatic rings. The number of rotatable bonds is 6. The van der Waals surface area contributed by atoms with E-state index < -0.39 is 5.91 Å². The second-order valence-electron chi connectivity index (χ2n) is 8.06. The van der Waals surface area contributed by atoms with Crippen LogP contribution in [0.25, 0.3) is 0 Å². The fourth-order valence-corrected chi connectivity index (χ4v) is 4.54. The standard InChI is InChI=1S/C19H27N5O2/c20-19(26)15-8-21-9-17(22-15)24-10-14(13-5-6-13)16(11-24)23-18(25)7-12-3-1-2-4-12/h8-9,12-14,16H,1-7,10-11H2,(H2,20,26)(H,23,25)/t14-,16+/m0/s1. The molecule has 26 heavy (non-hydrogen) atoms. The summed E-state index contributed by atoms with van der Waals surface area (Å²) < 4.78 is 0. The normalized spacial score (nSPS) is 26.2. The molecule has 2 amide bonds.